The molecule has 1 unspecified atom stereocenters. The maximum absolute atomic E-state index is 6.33. The van der Waals surface area contributed by atoms with Crippen molar-refractivity contribution in [2.75, 3.05) is 14.2 Å². The molecule has 0 aliphatic carbocycles. The summed E-state index contributed by atoms with van der Waals surface area (Å²) in [5.41, 5.74) is 3.25. The highest BCUT2D eigenvalue weighted by Crippen LogP contribution is 2.45. The molecule has 0 spiro atoms. The molecule has 0 saturated heterocycles. The molecular formula is C16H15Br2ClO2. The number of benzene rings is 2. The van der Waals surface area contributed by atoms with Crippen molar-refractivity contribution in [3.8, 4) is 11.5 Å². The molecule has 0 aromatic heterocycles. The summed E-state index contributed by atoms with van der Waals surface area (Å²) >= 11 is 13.7. The van der Waals surface area contributed by atoms with Gasteiger partial charge in [-0.1, -0.05) is 67.7 Å². The smallest absolute Gasteiger partial charge is 0.145 e. The molecule has 0 N–H and O–H groups in total. The van der Waals surface area contributed by atoms with E-state index in [2.05, 4.69) is 50.9 Å². The lowest BCUT2D eigenvalue weighted by Gasteiger charge is -2.19. The molecular weight excluding hydrogens is 419 g/mol. The standard InChI is InChI=1S/C16H15Br2ClO2/c1-9-5-4-6-10(13(9)17)14(18)11-7-8-12(20-2)15(19)16(11)21-3/h4-8,14H,1-3H3. The fourth-order valence-corrected chi connectivity index (χ4v) is 4.02. The van der Waals surface area contributed by atoms with Crippen molar-refractivity contribution in [1.82, 2.24) is 0 Å². The van der Waals surface area contributed by atoms with Gasteiger partial charge in [-0.15, -0.1) is 0 Å². The molecule has 1 atom stereocenters. The molecule has 0 heterocycles. The van der Waals surface area contributed by atoms with Crippen LogP contribution in [0.15, 0.2) is 34.8 Å². The van der Waals surface area contributed by atoms with Crippen molar-refractivity contribution in [2.24, 2.45) is 0 Å². The highest BCUT2D eigenvalue weighted by molar-refractivity contribution is 9.11. The predicted octanol–water partition coefficient (Wildman–Crippen LogP) is 5.91. The van der Waals surface area contributed by atoms with Gasteiger partial charge in [-0.2, -0.15) is 0 Å². The van der Waals surface area contributed by atoms with Gasteiger partial charge in [-0.3, -0.25) is 0 Å². The molecule has 0 aliphatic rings. The Morgan fingerprint density at radius 1 is 1.05 bits per heavy atom. The third-order valence-electron chi connectivity index (χ3n) is 3.28. The van der Waals surface area contributed by atoms with E-state index >= 15 is 0 Å². The molecule has 2 nitrogen and oxygen atoms in total. The SMILES string of the molecule is COc1ccc(C(Br)c2cccc(C)c2Br)c(OC)c1Cl. The molecule has 0 aliphatic heterocycles. The third kappa shape index (κ3) is 3.22. The topological polar surface area (TPSA) is 18.5 Å². The summed E-state index contributed by atoms with van der Waals surface area (Å²) in [4.78, 5) is -0.0369. The molecule has 2 rings (SSSR count). The van der Waals surface area contributed by atoms with E-state index in [1.807, 2.05) is 18.2 Å². The first kappa shape index (κ1) is 16.7. The fraction of sp³-hybridized carbons (Fsp3) is 0.250. The van der Waals surface area contributed by atoms with Crippen molar-refractivity contribution in [1.29, 1.82) is 0 Å². The summed E-state index contributed by atoms with van der Waals surface area (Å²) in [5, 5.41) is 0.478. The number of hydrogen-bond acceptors (Lipinski definition) is 2. The highest BCUT2D eigenvalue weighted by Gasteiger charge is 2.22. The predicted molar refractivity (Wildman–Crippen MR) is 94.2 cm³/mol. The lowest BCUT2D eigenvalue weighted by Crippen LogP contribution is -2.00. The van der Waals surface area contributed by atoms with Gasteiger partial charge in [0.05, 0.1) is 19.0 Å². The monoisotopic (exact) mass is 432 g/mol. The summed E-state index contributed by atoms with van der Waals surface area (Å²) in [6.45, 7) is 2.06. The van der Waals surface area contributed by atoms with Crippen molar-refractivity contribution in [3.05, 3.63) is 56.5 Å². The zero-order chi connectivity index (χ0) is 15.6. The minimum absolute atomic E-state index is 0.0369. The minimum Gasteiger partial charge on any atom is -0.495 e. The number of ether oxygens (including phenoxy) is 2. The lowest BCUT2D eigenvalue weighted by atomic mass is 10.0. The van der Waals surface area contributed by atoms with Crippen LogP contribution in [-0.2, 0) is 0 Å². The van der Waals surface area contributed by atoms with Crippen LogP contribution < -0.4 is 9.47 Å². The molecule has 0 fully saturated rings. The number of halogens is 3. The van der Waals surface area contributed by atoms with Crippen molar-refractivity contribution in [3.63, 3.8) is 0 Å². The Balaban J connectivity index is 2.56. The van der Waals surface area contributed by atoms with Gasteiger partial charge in [-0.05, 0) is 24.1 Å². The number of rotatable bonds is 4. The summed E-state index contributed by atoms with van der Waals surface area (Å²) in [5.74, 6) is 1.21. The van der Waals surface area contributed by atoms with E-state index in [9.17, 15) is 0 Å². The average molecular weight is 435 g/mol. The average Bonchev–Trinajstić information content (AvgIpc) is 2.49. The van der Waals surface area contributed by atoms with Crippen LogP contribution in [0.3, 0.4) is 0 Å². The van der Waals surface area contributed by atoms with Gasteiger partial charge >= 0.3 is 0 Å². The summed E-state index contributed by atoms with van der Waals surface area (Å²) in [7, 11) is 3.19. The number of methoxy groups -OCH3 is 2. The second-order valence-electron chi connectivity index (χ2n) is 4.54. The van der Waals surface area contributed by atoms with Crippen LogP contribution in [0.1, 0.15) is 21.5 Å². The van der Waals surface area contributed by atoms with Gasteiger partial charge in [0.1, 0.15) is 16.5 Å². The molecule has 0 radical (unpaired) electrons. The van der Waals surface area contributed by atoms with Gasteiger partial charge in [-0.25, -0.2) is 0 Å². The molecule has 0 saturated carbocycles. The van der Waals surface area contributed by atoms with E-state index in [1.54, 1.807) is 14.2 Å². The van der Waals surface area contributed by atoms with Gasteiger partial charge in [0.25, 0.3) is 0 Å². The van der Waals surface area contributed by atoms with Crippen LogP contribution in [0.2, 0.25) is 5.02 Å². The Morgan fingerprint density at radius 3 is 2.38 bits per heavy atom. The van der Waals surface area contributed by atoms with Crippen LogP contribution >= 0.6 is 43.5 Å². The van der Waals surface area contributed by atoms with Gasteiger partial charge in [0.2, 0.25) is 0 Å². The molecule has 2 aromatic carbocycles. The van der Waals surface area contributed by atoms with Gasteiger partial charge in [0.15, 0.2) is 0 Å². The quantitative estimate of drug-likeness (QED) is 0.557. The summed E-state index contributed by atoms with van der Waals surface area (Å²) < 4.78 is 11.8. The molecule has 0 amide bonds. The molecule has 0 bridgehead atoms. The first-order valence-corrected chi connectivity index (χ1v) is 8.39. The van der Waals surface area contributed by atoms with Crippen molar-refractivity contribution >= 4 is 43.5 Å². The largest absolute Gasteiger partial charge is 0.495 e. The second kappa shape index (κ2) is 7.03. The van der Waals surface area contributed by atoms with Crippen LogP contribution in [-0.4, -0.2) is 14.2 Å². The number of aryl methyl sites for hydroxylation is 1. The highest BCUT2D eigenvalue weighted by atomic mass is 79.9. The first-order chi connectivity index (χ1) is 10.0. The summed E-state index contributed by atoms with van der Waals surface area (Å²) in [6.07, 6.45) is 0. The van der Waals surface area contributed by atoms with Crippen LogP contribution in [0.25, 0.3) is 0 Å². The second-order valence-corrected chi connectivity index (χ2v) is 6.63. The van der Waals surface area contributed by atoms with Gasteiger partial charge < -0.3 is 9.47 Å². The van der Waals surface area contributed by atoms with Crippen molar-refractivity contribution < 1.29 is 9.47 Å². The maximum Gasteiger partial charge on any atom is 0.145 e. The van der Waals surface area contributed by atoms with E-state index < -0.39 is 0 Å². The minimum atomic E-state index is -0.0369. The lowest BCUT2D eigenvalue weighted by molar-refractivity contribution is 0.392. The first-order valence-electron chi connectivity index (χ1n) is 6.30. The van der Waals surface area contributed by atoms with E-state index in [-0.39, 0.29) is 4.83 Å². The van der Waals surface area contributed by atoms with Crippen LogP contribution in [0.5, 0.6) is 11.5 Å². The number of alkyl halides is 1. The van der Waals surface area contributed by atoms with E-state index in [0.717, 1.165) is 15.6 Å². The molecule has 112 valence electrons. The van der Waals surface area contributed by atoms with Crippen molar-refractivity contribution in [2.45, 2.75) is 11.8 Å². The normalized spacial score (nSPS) is 12.1. The van der Waals surface area contributed by atoms with E-state index in [1.165, 1.54) is 5.56 Å². The molecule has 5 heteroatoms. The van der Waals surface area contributed by atoms with E-state index in [0.29, 0.717) is 16.5 Å². The van der Waals surface area contributed by atoms with Crippen LogP contribution in [0, 0.1) is 6.92 Å². The zero-order valence-electron chi connectivity index (χ0n) is 11.9. The molecule has 21 heavy (non-hydrogen) atoms. The zero-order valence-corrected chi connectivity index (χ0v) is 15.8. The maximum atomic E-state index is 6.33. The Bertz CT molecular complexity index is 659. The van der Waals surface area contributed by atoms with Gasteiger partial charge in [0, 0.05) is 10.0 Å². The Labute approximate surface area is 146 Å². The summed E-state index contributed by atoms with van der Waals surface area (Å²) in [6, 6.07) is 9.96. The number of hydrogen-bond donors (Lipinski definition) is 0. The van der Waals surface area contributed by atoms with Crippen LogP contribution in [0.4, 0.5) is 0 Å². The van der Waals surface area contributed by atoms with E-state index in [4.69, 9.17) is 21.1 Å². The third-order valence-corrected chi connectivity index (χ3v) is 5.71. The Hall–Kier alpha value is -0.710. The molecule has 2 aromatic rings. The fourth-order valence-electron chi connectivity index (χ4n) is 2.15. The Morgan fingerprint density at radius 2 is 1.76 bits per heavy atom. The Kier molecular flexibility index (Phi) is 5.58.